The predicted octanol–water partition coefficient (Wildman–Crippen LogP) is 3.90. The first kappa shape index (κ1) is 15.1. The monoisotopic (exact) mass is 316 g/mol. The molecule has 0 spiro atoms. The summed E-state index contributed by atoms with van der Waals surface area (Å²) in [6, 6.07) is 6.74. The number of fused-ring (bicyclic) bond motifs is 1. The first-order valence-electron chi connectivity index (χ1n) is 7.04. The maximum absolute atomic E-state index is 13.6. The van der Waals surface area contributed by atoms with E-state index in [9.17, 15) is 13.6 Å². The van der Waals surface area contributed by atoms with E-state index in [2.05, 4.69) is 10.5 Å². The SMILES string of the molecule is Cc1cc2onc(CC(=O)Nc3ccc(F)cc3F)c2cc1C. The molecule has 0 aliphatic carbocycles. The zero-order valence-corrected chi connectivity index (χ0v) is 12.6. The molecule has 2 aromatic carbocycles. The van der Waals surface area contributed by atoms with E-state index in [1.807, 2.05) is 26.0 Å². The Bertz CT molecular complexity index is 903. The van der Waals surface area contributed by atoms with Crippen LogP contribution in [-0.2, 0) is 11.2 Å². The van der Waals surface area contributed by atoms with Gasteiger partial charge in [0.25, 0.3) is 0 Å². The smallest absolute Gasteiger partial charge is 0.230 e. The summed E-state index contributed by atoms with van der Waals surface area (Å²) in [5.41, 5.74) is 3.13. The fourth-order valence-electron chi connectivity index (χ4n) is 2.31. The van der Waals surface area contributed by atoms with Gasteiger partial charge < -0.3 is 9.84 Å². The number of hydrogen-bond donors (Lipinski definition) is 1. The van der Waals surface area contributed by atoms with Crippen molar-refractivity contribution < 1.29 is 18.1 Å². The van der Waals surface area contributed by atoms with Gasteiger partial charge in [-0.2, -0.15) is 0 Å². The Labute approximate surface area is 131 Å². The van der Waals surface area contributed by atoms with Crippen molar-refractivity contribution in [3.8, 4) is 0 Å². The van der Waals surface area contributed by atoms with E-state index in [-0.39, 0.29) is 12.1 Å². The van der Waals surface area contributed by atoms with Crippen molar-refractivity contribution in [1.29, 1.82) is 0 Å². The minimum Gasteiger partial charge on any atom is -0.356 e. The van der Waals surface area contributed by atoms with E-state index in [0.717, 1.165) is 22.6 Å². The van der Waals surface area contributed by atoms with Gasteiger partial charge in [-0.15, -0.1) is 0 Å². The van der Waals surface area contributed by atoms with E-state index in [0.29, 0.717) is 17.3 Å². The highest BCUT2D eigenvalue weighted by Gasteiger charge is 2.15. The normalized spacial score (nSPS) is 11.0. The van der Waals surface area contributed by atoms with Crippen LogP contribution in [0.3, 0.4) is 0 Å². The molecule has 0 saturated carbocycles. The molecule has 6 heteroatoms. The van der Waals surface area contributed by atoms with Gasteiger partial charge in [0.15, 0.2) is 5.58 Å². The molecular weight excluding hydrogens is 302 g/mol. The Morgan fingerprint density at radius 2 is 1.91 bits per heavy atom. The first-order chi connectivity index (χ1) is 10.9. The Morgan fingerprint density at radius 1 is 1.17 bits per heavy atom. The third-order valence-corrected chi connectivity index (χ3v) is 3.69. The summed E-state index contributed by atoms with van der Waals surface area (Å²) in [7, 11) is 0. The summed E-state index contributed by atoms with van der Waals surface area (Å²) >= 11 is 0. The third-order valence-electron chi connectivity index (χ3n) is 3.69. The molecule has 1 heterocycles. The van der Waals surface area contributed by atoms with Crippen molar-refractivity contribution in [3.05, 3.63) is 58.8 Å². The highest BCUT2D eigenvalue weighted by Crippen LogP contribution is 2.23. The van der Waals surface area contributed by atoms with Gasteiger partial charge in [-0.3, -0.25) is 4.79 Å². The van der Waals surface area contributed by atoms with Crippen LogP contribution >= 0.6 is 0 Å². The van der Waals surface area contributed by atoms with Crippen LogP contribution in [0.1, 0.15) is 16.8 Å². The maximum atomic E-state index is 13.6. The molecule has 0 fully saturated rings. The largest absolute Gasteiger partial charge is 0.356 e. The van der Waals surface area contributed by atoms with Crippen LogP contribution in [0, 0.1) is 25.5 Å². The third kappa shape index (κ3) is 3.06. The number of nitrogens with zero attached hydrogens (tertiary/aromatic N) is 1. The number of benzene rings is 2. The van der Waals surface area contributed by atoms with Crippen molar-refractivity contribution >= 4 is 22.6 Å². The number of carbonyl (C=O) groups excluding carboxylic acids is 1. The number of anilines is 1. The van der Waals surface area contributed by atoms with E-state index >= 15 is 0 Å². The molecule has 1 N–H and O–H groups in total. The van der Waals surface area contributed by atoms with Crippen LogP contribution in [0.5, 0.6) is 0 Å². The summed E-state index contributed by atoms with van der Waals surface area (Å²) in [6.45, 7) is 3.92. The van der Waals surface area contributed by atoms with Crippen molar-refractivity contribution in [2.24, 2.45) is 0 Å². The van der Waals surface area contributed by atoms with Gasteiger partial charge in [-0.1, -0.05) is 5.16 Å². The molecule has 118 valence electrons. The summed E-state index contributed by atoms with van der Waals surface area (Å²) in [5.74, 6) is -1.98. The van der Waals surface area contributed by atoms with Crippen LogP contribution in [0.15, 0.2) is 34.9 Å². The van der Waals surface area contributed by atoms with E-state index in [1.165, 1.54) is 6.07 Å². The van der Waals surface area contributed by atoms with E-state index in [1.54, 1.807) is 0 Å². The Hall–Kier alpha value is -2.76. The second kappa shape index (κ2) is 5.79. The van der Waals surface area contributed by atoms with Gasteiger partial charge in [-0.05, 0) is 49.2 Å². The van der Waals surface area contributed by atoms with Gasteiger partial charge in [0, 0.05) is 11.5 Å². The van der Waals surface area contributed by atoms with Gasteiger partial charge in [0.2, 0.25) is 5.91 Å². The van der Waals surface area contributed by atoms with Crippen LogP contribution in [0.25, 0.3) is 11.0 Å². The van der Waals surface area contributed by atoms with Crippen LogP contribution < -0.4 is 5.32 Å². The van der Waals surface area contributed by atoms with Gasteiger partial charge in [0.1, 0.15) is 17.3 Å². The average Bonchev–Trinajstić information content (AvgIpc) is 2.85. The topological polar surface area (TPSA) is 55.1 Å². The van der Waals surface area contributed by atoms with Crippen molar-refractivity contribution in [3.63, 3.8) is 0 Å². The average molecular weight is 316 g/mol. The second-order valence-corrected chi connectivity index (χ2v) is 5.41. The zero-order chi connectivity index (χ0) is 16.6. The quantitative estimate of drug-likeness (QED) is 0.797. The molecule has 3 rings (SSSR count). The number of rotatable bonds is 3. The molecule has 1 aromatic heterocycles. The number of aryl methyl sites for hydroxylation is 2. The van der Waals surface area contributed by atoms with Crippen LogP contribution in [0.4, 0.5) is 14.5 Å². The molecule has 0 aliphatic rings. The first-order valence-corrected chi connectivity index (χ1v) is 7.04. The molecule has 0 unspecified atom stereocenters. The summed E-state index contributed by atoms with van der Waals surface area (Å²) < 4.78 is 31.6. The highest BCUT2D eigenvalue weighted by atomic mass is 19.1. The molecule has 4 nitrogen and oxygen atoms in total. The molecular formula is C17H14F2N2O2. The Balaban J connectivity index is 1.81. The predicted molar refractivity (Wildman–Crippen MR) is 82.2 cm³/mol. The fourth-order valence-corrected chi connectivity index (χ4v) is 2.31. The summed E-state index contributed by atoms with van der Waals surface area (Å²) in [5, 5.41) is 7.06. The van der Waals surface area contributed by atoms with Crippen LogP contribution in [0.2, 0.25) is 0 Å². The molecule has 3 aromatic rings. The molecule has 0 aliphatic heterocycles. The fraction of sp³-hybridized carbons (Fsp3) is 0.176. The van der Waals surface area contributed by atoms with Gasteiger partial charge in [-0.25, -0.2) is 8.78 Å². The van der Waals surface area contributed by atoms with E-state index < -0.39 is 17.5 Å². The van der Waals surface area contributed by atoms with E-state index in [4.69, 9.17) is 4.52 Å². The highest BCUT2D eigenvalue weighted by molar-refractivity contribution is 5.95. The Morgan fingerprint density at radius 3 is 2.65 bits per heavy atom. The number of hydrogen-bond acceptors (Lipinski definition) is 3. The molecule has 23 heavy (non-hydrogen) atoms. The van der Waals surface area contributed by atoms with Crippen molar-refractivity contribution in [1.82, 2.24) is 5.16 Å². The van der Waals surface area contributed by atoms with Gasteiger partial charge >= 0.3 is 0 Å². The molecule has 0 bridgehead atoms. The Kier molecular flexibility index (Phi) is 3.82. The minimum absolute atomic E-state index is 0.0632. The molecule has 0 radical (unpaired) electrons. The lowest BCUT2D eigenvalue weighted by Gasteiger charge is -2.05. The minimum atomic E-state index is -0.824. The van der Waals surface area contributed by atoms with Crippen molar-refractivity contribution in [2.45, 2.75) is 20.3 Å². The summed E-state index contributed by atoms with van der Waals surface area (Å²) in [4.78, 5) is 12.1. The number of aromatic nitrogens is 1. The number of halogens is 2. The number of amides is 1. The number of nitrogens with one attached hydrogen (secondary N) is 1. The lowest BCUT2D eigenvalue weighted by atomic mass is 10.1. The standard InChI is InChI=1S/C17H14F2N2O2/c1-9-5-12-15(21-23-16(12)6-10(9)2)8-17(22)20-14-4-3-11(18)7-13(14)19/h3-7H,8H2,1-2H3,(H,20,22). The molecule has 0 atom stereocenters. The second-order valence-electron chi connectivity index (χ2n) is 5.41. The maximum Gasteiger partial charge on any atom is 0.230 e. The number of carbonyl (C=O) groups is 1. The zero-order valence-electron chi connectivity index (χ0n) is 12.6. The lowest BCUT2D eigenvalue weighted by molar-refractivity contribution is -0.115. The van der Waals surface area contributed by atoms with Crippen LogP contribution in [-0.4, -0.2) is 11.1 Å². The van der Waals surface area contributed by atoms with Gasteiger partial charge in [0.05, 0.1) is 12.1 Å². The molecule has 1 amide bonds. The lowest BCUT2D eigenvalue weighted by Crippen LogP contribution is -2.15. The molecule has 0 saturated heterocycles. The van der Waals surface area contributed by atoms with Crippen molar-refractivity contribution in [2.75, 3.05) is 5.32 Å². The summed E-state index contributed by atoms with van der Waals surface area (Å²) in [6.07, 6.45) is -0.0632.